The van der Waals surface area contributed by atoms with Gasteiger partial charge < -0.3 is 55.1 Å². The molecule has 0 aliphatic carbocycles. The predicted octanol–water partition coefficient (Wildman–Crippen LogP) is 16.1. The van der Waals surface area contributed by atoms with Gasteiger partial charge in [0.1, 0.15) is 22.9 Å². The second-order valence-corrected chi connectivity index (χ2v) is 53.4. The zero-order valence-electron chi connectivity index (χ0n) is 79.0. The maximum atomic E-state index is 14.2. The quantitative estimate of drug-likeness (QED) is 0.0225. The smallest absolute Gasteiger partial charge is 0.870 e. The standard InChI is InChI=1S/C33H28N2O7S2.C25H20N2O5S.C18H14N2O3.C16H14NO3S.3C4H9.2Li.2H2O.Sn/c1-21-9-14-24(15-10-21)43(37,38)34-20-28(27-19-23(41-3)13-18-29(27)34)31-26-7-5-6-8-30(26)35(32(31)33(36)42-4)44(39,40)25-16-11-22(2)12-17-25;1-15-7-10-17(11-8-15)33(30,31)27-22-6-4-3-5-18(22)23(24(27)25(28)29)20-14-26-21-12-9-16(32-2)13-19(20)21;1-23-10-6-7-14-12(8-10)13(9-19-14)16-11-4-2-3-5-15(11)20-17(16)18(21)22;1-12-3-6-15(7-4-12)21(18,19)17-10-9-13-11-14(20-2)5-8-16(13)17;3*1-3-4-2;;;;;/h5-20H,1-4H3;3-14,26H,1-2H3,(H,28,29);2-9,19-20H,1H3,(H,21,22);3-8,10-11H,1-2H3;3*1,3-4H2,2H3;;;2*1H2;/q;;;;;;;2*+1;;;/p-2. The van der Waals surface area contributed by atoms with E-state index in [9.17, 15) is 58.3 Å². The average molecular weight is 2030 g/mol. The number of para-hydroxylation sites is 3. The van der Waals surface area contributed by atoms with Crippen LogP contribution >= 0.6 is 0 Å². The summed E-state index contributed by atoms with van der Waals surface area (Å²) in [7, 11) is -8.82. The molecule has 7 heterocycles. The molecule has 0 aliphatic heterocycles. The van der Waals surface area contributed by atoms with Crippen molar-refractivity contribution in [3.05, 3.63) is 307 Å². The number of nitrogens with one attached hydrogen (secondary N) is 3. The van der Waals surface area contributed by atoms with Crippen LogP contribution in [0.3, 0.4) is 0 Å². The summed E-state index contributed by atoms with van der Waals surface area (Å²) in [5, 5.41) is 24.8. The third kappa shape index (κ3) is 20.4. The van der Waals surface area contributed by atoms with Crippen LogP contribution in [-0.4, -0.2) is 158 Å². The summed E-state index contributed by atoms with van der Waals surface area (Å²) in [4.78, 5) is 47.6. The van der Waals surface area contributed by atoms with Crippen LogP contribution in [0.4, 0.5) is 0 Å². The van der Waals surface area contributed by atoms with Gasteiger partial charge in [0.2, 0.25) is 0 Å². The van der Waals surface area contributed by atoms with Crippen LogP contribution in [0.5, 0.6) is 23.0 Å². The monoisotopic (exact) mass is 2030 g/mol. The minimum Gasteiger partial charge on any atom is -0.870 e. The van der Waals surface area contributed by atoms with Gasteiger partial charge in [-0.3, -0.25) is 0 Å². The molecule has 0 atom stereocenters. The Bertz CT molecular complexity index is 8000. The van der Waals surface area contributed by atoms with Crippen molar-refractivity contribution >= 4 is 156 Å². The number of aromatic nitrogens is 7. The zero-order valence-corrected chi connectivity index (χ0v) is 85.1. The molecule has 18 rings (SSSR count). The molecule has 0 spiro atoms. The molecule has 34 heteroatoms. The molecule has 0 fully saturated rings. The number of benzene rings is 11. The number of hydrogen-bond acceptors (Lipinski definition) is 18. The van der Waals surface area contributed by atoms with Crippen molar-refractivity contribution in [3.8, 4) is 56.4 Å². The second-order valence-electron chi connectivity index (χ2n) is 33.1. The summed E-state index contributed by atoms with van der Waals surface area (Å²) in [6, 6.07) is 69.3. The van der Waals surface area contributed by atoms with Crippen LogP contribution < -0.4 is 60.2 Å². The maximum Gasteiger partial charge on any atom is 1.00 e. The molecule has 0 radical (unpaired) electrons. The number of methoxy groups -OCH3 is 5. The van der Waals surface area contributed by atoms with E-state index in [0.717, 1.165) is 94.8 Å². The summed E-state index contributed by atoms with van der Waals surface area (Å²) in [6.07, 6.45) is 14.2. The number of carbonyl (C=O) groups excluding carboxylic acids is 1. The van der Waals surface area contributed by atoms with Crippen molar-refractivity contribution < 1.29 is 131 Å². The van der Waals surface area contributed by atoms with Crippen molar-refractivity contribution in [2.24, 2.45) is 0 Å². The van der Waals surface area contributed by atoms with E-state index in [1.165, 1.54) is 112 Å². The Morgan fingerprint density at radius 2 is 0.703 bits per heavy atom. The number of unbranched alkanes of at least 4 members (excludes halogenated alkanes) is 3. The number of carboxylic acids is 2. The first-order valence-corrected chi connectivity index (χ1v) is 57.0. The molecule has 18 aromatic rings. The largest absolute Gasteiger partial charge is 1.00 e. The number of rotatable bonds is 28. The van der Waals surface area contributed by atoms with Crippen LogP contribution in [0.2, 0.25) is 13.3 Å². The summed E-state index contributed by atoms with van der Waals surface area (Å²) in [5.74, 6) is -0.647. The van der Waals surface area contributed by atoms with Gasteiger partial charge in [-0.05, 0) is 130 Å². The normalized spacial score (nSPS) is 11.6. The van der Waals surface area contributed by atoms with Crippen LogP contribution in [0, 0.1) is 27.7 Å². The molecule has 7 N–H and O–H groups in total. The predicted molar refractivity (Wildman–Crippen MR) is 535 cm³/mol. The van der Waals surface area contributed by atoms with E-state index in [0.29, 0.717) is 65.8 Å². The Labute approximate surface area is 829 Å². The molecule has 0 bridgehead atoms. The summed E-state index contributed by atoms with van der Waals surface area (Å²) in [5.41, 5.74) is 10.4. The van der Waals surface area contributed by atoms with E-state index in [2.05, 4.69) is 41.8 Å². The number of aryl methyl sites for hydroxylation is 4. The molecule has 7 aromatic heterocycles. The van der Waals surface area contributed by atoms with Gasteiger partial charge in [-0.2, -0.15) is 0 Å². The van der Waals surface area contributed by atoms with E-state index in [1.54, 1.807) is 159 Å². The molecule has 706 valence electrons. The molecule has 138 heavy (non-hydrogen) atoms. The van der Waals surface area contributed by atoms with Crippen LogP contribution in [0.1, 0.15) is 113 Å². The SMILES string of the molecule is CCC[CH2][Sn]([CH2]CCC)([CH2]CCC)[c]1cn(S(=O)(=O)c2ccc(C)cc2)c2ccc(OC)cc12.COC(=O)c1c(-c2cn(S(=O)(=O)c3ccc(C)cc3)c3ccc(OC)cc23)c2ccccc2n1S(=O)(=O)c1ccc(C)cc1.COc1ccc2[nH]cc(-c3c(C(=O)O)[nH]c4ccccc34)c2c1.COc1ccc2[nH]cc(-c3c(C(=O)O)n(S(=O)(=O)c4ccc(C)cc4)c4ccccc34)c2c1.[Li+].[Li+].[OH-].[OH-]. The van der Waals surface area contributed by atoms with Gasteiger partial charge in [0.25, 0.3) is 30.1 Å². The molecule has 27 nitrogen and oxygen atoms in total. The van der Waals surface area contributed by atoms with Gasteiger partial charge in [0.05, 0.1) is 59.7 Å². The van der Waals surface area contributed by atoms with E-state index in [4.69, 9.17) is 23.7 Å². The van der Waals surface area contributed by atoms with Crippen molar-refractivity contribution in [1.82, 2.24) is 30.8 Å². The van der Waals surface area contributed by atoms with Gasteiger partial charge in [-0.15, -0.1) is 0 Å². The number of H-pyrrole nitrogens is 3. The van der Waals surface area contributed by atoms with Gasteiger partial charge in [-0.1, -0.05) is 108 Å². The van der Waals surface area contributed by atoms with Gasteiger partial charge in [0, 0.05) is 101 Å². The average Bonchev–Trinajstić information content (AvgIpc) is 1.55. The van der Waals surface area contributed by atoms with E-state index >= 15 is 0 Å². The summed E-state index contributed by atoms with van der Waals surface area (Å²) in [6.45, 7) is 14.3. The molecule has 11 aromatic carbocycles. The number of aromatic carboxylic acids is 2. The molecule has 0 saturated carbocycles. The van der Waals surface area contributed by atoms with Crippen molar-refractivity contribution in [1.29, 1.82) is 0 Å². The number of ether oxygens (including phenoxy) is 5. The molecule has 0 aliphatic rings. The third-order valence-electron chi connectivity index (χ3n) is 24.6. The first kappa shape index (κ1) is 106. The second kappa shape index (κ2) is 44.1. The minimum atomic E-state index is -4.32. The number of carbonyl (C=O) groups is 3. The summed E-state index contributed by atoms with van der Waals surface area (Å²) >= 11 is -2.92. The molecular weight excluding hydrogens is 1930 g/mol. The Balaban J connectivity index is 0.000000178. The Morgan fingerprint density at radius 1 is 0.355 bits per heavy atom. The fraction of sp³-hybridized carbons (Fsp3) is 0.202. The Kier molecular flexibility index (Phi) is 33.9. The van der Waals surface area contributed by atoms with Crippen molar-refractivity contribution in [3.63, 3.8) is 0 Å². The van der Waals surface area contributed by atoms with Crippen LogP contribution in [0.25, 0.3) is 110 Å². The zero-order chi connectivity index (χ0) is 95.5. The topological polar surface area (TPSA) is 401 Å². The first-order chi connectivity index (χ1) is 64.3. The van der Waals surface area contributed by atoms with Crippen molar-refractivity contribution in [2.45, 2.75) is 120 Å². The van der Waals surface area contributed by atoms with Gasteiger partial charge in [-0.25, -0.2) is 51.6 Å². The number of carboxylic acid groups (broad SMARTS) is 2. The van der Waals surface area contributed by atoms with E-state index in [-0.39, 0.29) is 91.5 Å². The molecule has 0 amide bonds. The van der Waals surface area contributed by atoms with E-state index < -0.39 is 76.4 Å². The fourth-order valence-electron chi connectivity index (χ4n) is 17.6. The molecule has 0 unspecified atom stereocenters. The van der Waals surface area contributed by atoms with Crippen LogP contribution in [-0.2, 0) is 44.8 Å². The Hall–Kier alpha value is -12.5. The van der Waals surface area contributed by atoms with Gasteiger partial charge >= 0.3 is 267 Å². The summed E-state index contributed by atoms with van der Waals surface area (Å²) < 4.78 is 148. The first-order valence-electron chi connectivity index (χ1n) is 43.7. The van der Waals surface area contributed by atoms with Crippen molar-refractivity contribution in [2.75, 3.05) is 35.5 Å². The maximum absolute atomic E-state index is 14.2. The molecular formula is C104H105Li2N7O20S4Sn. The number of nitrogens with zero attached hydrogens (tertiary/aromatic N) is 4. The minimum absolute atomic E-state index is 0. The number of aromatic amines is 3. The Morgan fingerprint density at radius 3 is 1.10 bits per heavy atom. The number of esters is 1. The number of fused-ring (bicyclic) bond motifs is 7. The van der Waals surface area contributed by atoms with E-state index in [1.807, 2.05) is 113 Å². The molecule has 0 saturated heterocycles. The van der Waals surface area contributed by atoms with Crippen LogP contribution in [0.15, 0.2) is 287 Å². The third-order valence-corrected chi connectivity index (χ3v) is 47.0. The van der Waals surface area contributed by atoms with Gasteiger partial charge in [0.15, 0.2) is 11.4 Å². The fourth-order valence-corrected chi connectivity index (χ4v) is 40.3. The number of hydrogen-bond donors (Lipinski definition) is 5.